The van der Waals surface area contributed by atoms with Crippen LogP contribution in [0.3, 0.4) is 0 Å². The summed E-state index contributed by atoms with van der Waals surface area (Å²) in [4.78, 5) is 0. The number of nitrogens with one attached hydrogen (secondary N) is 1. The van der Waals surface area contributed by atoms with E-state index in [1.807, 2.05) is 0 Å². The van der Waals surface area contributed by atoms with E-state index in [-0.39, 0.29) is 0 Å². The van der Waals surface area contributed by atoms with Gasteiger partial charge in [-0.25, -0.2) is 0 Å². The van der Waals surface area contributed by atoms with Gasteiger partial charge in [0, 0.05) is 6.42 Å². The Morgan fingerprint density at radius 3 is 1.87 bits per heavy atom. The molecule has 0 fully saturated rings. The van der Waals surface area contributed by atoms with Crippen molar-refractivity contribution in [3.05, 3.63) is 0 Å². The van der Waals surface area contributed by atoms with Gasteiger partial charge in [-0.2, -0.15) is 36.7 Å². The number of hydrogen-bond donors (Lipinski definition) is 1. The monoisotopic (exact) mass is 231 g/mol. The van der Waals surface area contributed by atoms with E-state index in [1.165, 1.54) is 0 Å². The second-order valence-electron chi connectivity index (χ2n) is 2.86. The molecule has 0 aromatic carbocycles. The van der Waals surface area contributed by atoms with Crippen LogP contribution in [0.4, 0.5) is 26.3 Å². The highest BCUT2D eigenvalue weighted by Crippen LogP contribution is 2.47. The first-order valence-electron chi connectivity index (χ1n) is 3.51. The lowest BCUT2D eigenvalue weighted by atomic mass is 9.93. The zero-order chi connectivity index (χ0) is 11.9. The number of hydrogen-bond acceptors (Lipinski definition) is 3. The van der Waals surface area contributed by atoms with Crippen molar-refractivity contribution in [1.82, 2.24) is 5.43 Å². The fraction of sp³-hybridized carbons (Fsp3) is 0.667. The number of halogens is 6. The molecule has 0 aromatic rings. The van der Waals surface area contributed by atoms with Crippen LogP contribution in [0.15, 0.2) is 5.10 Å². The van der Waals surface area contributed by atoms with Gasteiger partial charge in [0.15, 0.2) is 0 Å². The lowest BCUT2D eigenvalue weighted by molar-refractivity contribution is -0.302. The molecule has 1 aliphatic rings. The van der Waals surface area contributed by atoms with Crippen LogP contribution in [0.2, 0.25) is 0 Å². The molecule has 1 N–H and O–H groups in total. The van der Waals surface area contributed by atoms with Gasteiger partial charge in [-0.1, -0.05) is 0 Å². The maximum Gasteiger partial charge on any atom is 0.422 e. The normalized spacial score (nSPS) is 20.5. The number of hydrazone groups is 1. The van der Waals surface area contributed by atoms with E-state index in [2.05, 4.69) is 5.10 Å². The maximum atomic E-state index is 12.3. The van der Waals surface area contributed by atoms with Gasteiger partial charge >= 0.3 is 12.4 Å². The van der Waals surface area contributed by atoms with Crippen molar-refractivity contribution in [2.45, 2.75) is 24.3 Å². The van der Waals surface area contributed by atoms with Gasteiger partial charge in [0.1, 0.15) is 11.8 Å². The Labute approximate surface area is 79.4 Å². The highest BCUT2D eigenvalue weighted by Gasteiger charge is 2.73. The van der Waals surface area contributed by atoms with Gasteiger partial charge in [0.25, 0.3) is 5.54 Å². The third kappa shape index (κ3) is 1.60. The van der Waals surface area contributed by atoms with Crippen LogP contribution in [0, 0.1) is 11.3 Å². The molecule has 0 spiro atoms. The number of alkyl halides is 6. The zero-order valence-electron chi connectivity index (χ0n) is 6.87. The highest BCUT2D eigenvalue weighted by molar-refractivity contribution is 6.00. The molecule has 0 saturated carbocycles. The van der Waals surface area contributed by atoms with Crippen LogP contribution in [0.25, 0.3) is 0 Å². The van der Waals surface area contributed by atoms with Crippen LogP contribution in [-0.4, -0.2) is 23.6 Å². The Bertz CT molecular complexity index is 318. The summed E-state index contributed by atoms with van der Waals surface area (Å²) in [6.45, 7) is 0. The summed E-state index contributed by atoms with van der Waals surface area (Å²) >= 11 is 0. The van der Waals surface area contributed by atoms with Gasteiger partial charge in [-0.05, 0) is 0 Å². The molecule has 1 rings (SSSR count). The number of rotatable bonds is 0. The minimum Gasteiger partial charge on any atom is -0.285 e. The first-order valence-corrected chi connectivity index (χ1v) is 3.51. The molecule has 0 radical (unpaired) electrons. The summed E-state index contributed by atoms with van der Waals surface area (Å²) in [5.41, 5.74) is -4.00. The molecule has 15 heavy (non-hydrogen) atoms. The van der Waals surface area contributed by atoms with Crippen molar-refractivity contribution in [3.8, 4) is 6.07 Å². The summed E-state index contributed by atoms with van der Waals surface area (Å²) in [5.74, 6) is 0. The van der Waals surface area contributed by atoms with E-state index in [9.17, 15) is 26.3 Å². The molecule has 1 heterocycles. The lowest BCUT2D eigenvalue weighted by Gasteiger charge is -2.32. The summed E-state index contributed by atoms with van der Waals surface area (Å²) in [5, 5.41) is 10.9. The molecule has 0 unspecified atom stereocenters. The quantitative estimate of drug-likeness (QED) is 0.645. The van der Waals surface area contributed by atoms with Gasteiger partial charge < -0.3 is 0 Å². The van der Waals surface area contributed by atoms with Gasteiger partial charge in [-0.15, -0.1) is 0 Å². The van der Waals surface area contributed by atoms with Crippen LogP contribution in [0.5, 0.6) is 0 Å². The topological polar surface area (TPSA) is 48.2 Å². The van der Waals surface area contributed by atoms with E-state index in [0.717, 1.165) is 11.5 Å². The van der Waals surface area contributed by atoms with Crippen molar-refractivity contribution in [3.63, 3.8) is 0 Å². The molecule has 0 saturated heterocycles. The standard InChI is InChI=1S/C6H3F6N3/c7-5(8,9)4(6(10,11)12)1-3(2-13)14-15-4/h15H,1H2. The Kier molecular flexibility index (Phi) is 2.33. The zero-order valence-corrected chi connectivity index (χ0v) is 6.87. The van der Waals surface area contributed by atoms with Crippen LogP contribution in [0.1, 0.15) is 6.42 Å². The molecule has 84 valence electrons. The predicted molar refractivity (Wildman–Crippen MR) is 35.6 cm³/mol. The minimum atomic E-state index is -5.56. The van der Waals surface area contributed by atoms with Crippen molar-refractivity contribution in [2.24, 2.45) is 5.10 Å². The first-order chi connectivity index (χ1) is 6.64. The molecule has 0 atom stereocenters. The van der Waals surface area contributed by atoms with Gasteiger partial charge in [0.05, 0.1) is 0 Å². The van der Waals surface area contributed by atoms with E-state index in [1.54, 1.807) is 0 Å². The van der Waals surface area contributed by atoms with E-state index in [4.69, 9.17) is 5.26 Å². The smallest absolute Gasteiger partial charge is 0.285 e. The van der Waals surface area contributed by atoms with Gasteiger partial charge in [0.2, 0.25) is 0 Å². The number of nitrogens with zero attached hydrogens (tertiary/aromatic N) is 2. The van der Waals surface area contributed by atoms with Crippen LogP contribution < -0.4 is 5.43 Å². The van der Waals surface area contributed by atoms with Crippen LogP contribution >= 0.6 is 0 Å². The van der Waals surface area contributed by atoms with Crippen molar-refractivity contribution in [1.29, 1.82) is 5.26 Å². The van der Waals surface area contributed by atoms with E-state index < -0.39 is 30.0 Å². The molecule has 0 amide bonds. The Balaban J connectivity index is 3.12. The van der Waals surface area contributed by atoms with Crippen molar-refractivity contribution < 1.29 is 26.3 Å². The highest BCUT2D eigenvalue weighted by atomic mass is 19.4. The fourth-order valence-corrected chi connectivity index (χ4v) is 1.05. The summed E-state index contributed by atoms with van der Waals surface area (Å²) in [6.07, 6.45) is -12.7. The third-order valence-corrected chi connectivity index (χ3v) is 1.91. The largest absolute Gasteiger partial charge is 0.422 e. The second kappa shape index (κ2) is 3.01. The fourth-order valence-electron chi connectivity index (χ4n) is 1.05. The van der Waals surface area contributed by atoms with E-state index >= 15 is 0 Å². The SMILES string of the molecule is N#CC1=NNC(C(F)(F)F)(C(F)(F)F)C1. The summed E-state index contributed by atoms with van der Waals surface area (Å²) < 4.78 is 73.5. The molecule has 0 bridgehead atoms. The lowest BCUT2D eigenvalue weighted by Crippen LogP contribution is -2.63. The minimum absolute atomic E-state index is 0.829. The second-order valence-corrected chi connectivity index (χ2v) is 2.86. The molecule has 9 heteroatoms. The van der Waals surface area contributed by atoms with Crippen molar-refractivity contribution in [2.75, 3.05) is 0 Å². The third-order valence-electron chi connectivity index (χ3n) is 1.91. The Morgan fingerprint density at radius 1 is 1.20 bits per heavy atom. The van der Waals surface area contributed by atoms with Gasteiger partial charge in [-0.3, -0.25) is 5.43 Å². The Morgan fingerprint density at radius 2 is 1.67 bits per heavy atom. The average Bonchev–Trinajstić information content (AvgIpc) is 2.45. The summed E-state index contributed by atoms with van der Waals surface area (Å²) in [7, 11) is 0. The van der Waals surface area contributed by atoms with Crippen LogP contribution in [-0.2, 0) is 0 Å². The molecule has 3 nitrogen and oxygen atoms in total. The van der Waals surface area contributed by atoms with Crippen molar-refractivity contribution >= 4 is 5.71 Å². The number of nitriles is 1. The Hall–Kier alpha value is -1.46. The predicted octanol–water partition coefficient (Wildman–Crippen LogP) is 1.72. The molecule has 0 aromatic heterocycles. The molecule has 0 aliphatic carbocycles. The average molecular weight is 231 g/mol. The van der Waals surface area contributed by atoms with E-state index in [0.29, 0.717) is 0 Å². The molecular weight excluding hydrogens is 228 g/mol. The molecule has 1 aliphatic heterocycles. The first kappa shape index (κ1) is 11.6. The summed E-state index contributed by atoms with van der Waals surface area (Å²) in [6, 6.07) is 1.15. The maximum absolute atomic E-state index is 12.3. The molecular formula is C6H3F6N3.